The van der Waals surface area contributed by atoms with Gasteiger partial charge in [-0.15, -0.1) is 0 Å². The average Bonchev–Trinajstić information content (AvgIpc) is 2.74. The largest absolute Gasteiger partial charge is 0.395 e. The van der Waals surface area contributed by atoms with Crippen molar-refractivity contribution in [3.8, 4) is 0 Å². The van der Waals surface area contributed by atoms with Crippen molar-refractivity contribution >= 4 is 31.9 Å². The van der Waals surface area contributed by atoms with Gasteiger partial charge in [0.2, 0.25) is 20.0 Å². The molecule has 0 bridgehead atoms. The number of sulfonamides is 2. The Morgan fingerprint density at radius 2 is 0.912 bits per heavy atom. The van der Waals surface area contributed by atoms with Gasteiger partial charge in [-0.25, -0.2) is 27.1 Å². The van der Waals surface area contributed by atoms with Gasteiger partial charge in [0, 0.05) is 13.1 Å². The summed E-state index contributed by atoms with van der Waals surface area (Å²) in [5, 5.41) is 12.9. The lowest BCUT2D eigenvalue weighted by molar-refractivity contribution is -0.211. The third-order valence-corrected chi connectivity index (χ3v) is 6.23. The van der Waals surface area contributed by atoms with E-state index in [0.717, 1.165) is 48.5 Å². The summed E-state index contributed by atoms with van der Waals surface area (Å²) in [7, 11) is -8.04. The number of hydrogen-bond donors (Lipinski definition) is 4. The van der Waals surface area contributed by atoms with Gasteiger partial charge in [-0.3, -0.25) is 9.59 Å². The highest BCUT2D eigenvalue weighted by Gasteiger charge is 2.66. The molecule has 10 nitrogen and oxygen atoms in total. The lowest BCUT2D eigenvalue weighted by atomic mass is 10.1. The predicted molar refractivity (Wildman–Crippen MR) is 109 cm³/mol. The summed E-state index contributed by atoms with van der Waals surface area (Å²) in [5.74, 6) is -15.8. The van der Waals surface area contributed by atoms with Gasteiger partial charge in [-0.1, -0.05) is 24.3 Å². The predicted octanol–water partition coefficient (Wildman–Crippen LogP) is 0.185. The number of benzene rings is 2. The Balaban J connectivity index is 2.02. The first-order chi connectivity index (χ1) is 15.5. The molecule has 0 aliphatic carbocycles. The number of amides is 2. The number of carbonyl (C=O) groups excluding carboxylic acids is 2. The van der Waals surface area contributed by atoms with Crippen LogP contribution in [0.4, 0.5) is 17.6 Å². The van der Waals surface area contributed by atoms with Crippen LogP contribution in [0.5, 0.6) is 0 Å². The van der Waals surface area contributed by atoms with Crippen LogP contribution in [0, 0.1) is 0 Å². The van der Waals surface area contributed by atoms with E-state index in [2.05, 4.69) is 0 Å². The highest BCUT2D eigenvalue weighted by atomic mass is 32.2. The summed E-state index contributed by atoms with van der Waals surface area (Å²) >= 11 is 0. The van der Waals surface area contributed by atoms with E-state index in [9.17, 15) is 44.0 Å². The second-order valence-electron chi connectivity index (χ2n) is 6.89. The zero-order valence-electron chi connectivity index (χ0n) is 17.0. The number of nitrogens with two attached hydrogens (primary N) is 2. The van der Waals surface area contributed by atoms with Gasteiger partial charge in [0.25, 0.3) is 11.8 Å². The molecule has 2 amide bonds. The van der Waals surface area contributed by atoms with Gasteiger partial charge in [0.15, 0.2) is 0 Å². The summed E-state index contributed by atoms with van der Waals surface area (Å²) in [6, 6.07) is 8.54. The molecule has 6 N–H and O–H groups in total. The fourth-order valence-corrected chi connectivity index (χ4v) is 3.50. The molecule has 0 aliphatic rings. The van der Waals surface area contributed by atoms with E-state index in [4.69, 9.17) is 10.3 Å². The fraction of sp³-hybridized carbons (Fsp3) is 0.222. The minimum Gasteiger partial charge on any atom is -0.347 e. The van der Waals surface area contributed by atoms with Gasteiger partial charge in [-0.05, 0) is 35.4 Å². The summed E-state index contributed by atoms with van der Waals surface area (Å²) in [6.45, 7) is -1.35. The van der Waals surface area contributed by atoms with E-state index in [0.29, 0.717) is 0 Å². The summed E-state index contributed by atoms with van der Waals surface area (Å²) in [6.07, 6.45) is 0. The summed E-state index contributed by atoms with van der Waals surface area (Å²) in [4.78, 5) is 22.8. The molecule has 34 heavy (non-hydrogen) atoms. The number of halogens is 4. The number of hydrogen-bond acceptors (Lipinski definition) is 6. The lowest BCUT2D eigenvalue weighted by Gasteiger charge is -2.24. The molecule has 16 heteroatoms. The molecule has 0 saturated carbocycles. The van der Waals surface area contributed by atoms with Crippen molar-refractivity contribution in [1.29, 1.82) is 0 Å². The number of rotatable bonds is 9. The molecule has 0 spiro atoms. The molecule has 0 saturated heterocycles. The van der Waals surface area contributed by atoms with Crippen LogP contribution in [0.1, 0.15) is 11.1 Å². The van der Waals surface area contributed by atoms with Crippen LogP contribution in [0.2, 0.25) is 0 Å². The Kier molecular flexibility index (Phi) is 7.71. The van der Waals surface area contributed by atoms with E-state index in [1.165, 1.54) is 0 Å². The van der Waals surface area contributed by atoms with Crippen molar-refractivity contribution in [3.05, 3.63) is 59.7 Å². The first-order valence-electron chi connectivity index (χ1n) is 9.02. The molecule has 2 aromatic carbocycles. The smallest absolute Gasteiger partial charge is 0.347 e. The number of primary sulfonamides is 2. The third-order valence-electron chi connectivity index (χ3n) is 4.37. The van der Waals surface area contributed by atoms with E-state index < -0.39 is 56.8 Å². The SMILES string of the molecule is NS(=O)(=O)c1ccc(CNC(=O)C(F)(F)C(F)(F)C(=O)NCc2ccc(S(N)(=O)=O)cc2)cc1. The molecule has 2 rings (SSSR count). The van der Waals surface area contributed by atoms with Crippen molar-refractivity contribution in [1.82, 2.24) is 10.6 Å². The van der Waals surface area contributed by atoms with Crippen molar-refractivity contribution in [2.24, 2.45) is 10.3 Å². The molecule has 0 aromatic heterocycles. The third kappa shape index (κ3) is 6.28. The van der Waals surface area contributed by atoms with E-state index in [-0.39, 0.29) is 20.9 Å². The Labute approximate surface area is 191 Å². The van der Waals surface area contributed by atoms with E-state index in [1.54, 1.807) is 10.6 Å². The first kappa shape index (κ1) is 27.2. The number of carbonyl (C=O) groups is 2. The van der Waals surface area contributed by atoms with Gasteiger partial charge >= 0.3 is 11.8 Å². The first-order valence-corrected chi connectivity index (χ1v) is 12.1. The standard InChI is InChI=1S/C18H18F4N4O6S2/c19-17(20,15(27)25-9-11-1-5-13(6-2-11)33(23,29)30)18(21,22)16(28)26-10-12-3-7-14(8-4-12)34(24,31)32/h1-8H,9-10H2,(H,25,27)(H,26,28)(H2,23,29,30)(H2,24,31,32). The van der Waals surface area contributed by atoms with Gasteiger partial charge < -0.3 is 10.6 Å². The molecule has 2 aromatic rings. The molecule has 0 unspecified atom stereocenters. The van der Waals surface area contributed by atoms with Crippen LogP contribution in [0.3, 0.4) is 0 Å². The minimum atomic E-state index is -5.44. The summed E-state index contributed by atoms with van der Waals surface area (Å²) < 4.78 is 101. The van der Waals surface area contributed by atoms with Crippen molar-refractivity contribution in [3.63, 3.8) is 0 Å². The summed E-state index contributed by atoms with van der Waals surface area (Å²) in [5.41, 5.74) is 0.180. The highest BCUT2D eigenvalue weighted by Crippen LogP contribution is 2.35. The number of alkyl halides is 4. The molecule has 0 radical (unpaired) electrons. The highest BCUT2D eigenvalue weighted by molar-refractivity contribution is 7.89. The molecule has 0 aliphatic heterocycles. The normalized spacial score (nSPS) is 12.8. The quantitative estimate of drug-likeness (QED) is 0.339. The zero-order valence-corrected chi connectivity index (χ0v) is 18.6. The van der Waals surface area contributed by atoms with Crippen LogP contribution < -0.4 is 20.9 Å². The fourth-order valence-electron chi connectivity index (χ4n) is 2.47. The second-order valence-corrected chi connectivity index (χ2v) is 10.0. The lowest BCUT2D eigenvalue weighted by Crippen LogP contribution is -2.59. The van der Waals surface area contributed by atoms with Crippen LogP contribution in [-0.2, 0) is 42.7 Å². The zero-order chi connectivity index (χ0) is 25.9. The maximum Gasteiger partial charge on any atom is 0.395 e. The van der Waals surface area contributed by atoms with Crippen LogP contribution >= 0.6 is 0 Å². The topological polar surface area (TPSA) is 179 Å². The monoisotopic (exact) mass is 526 g/mol. The maximum atomic E-state index is 14.1. The van der Waals surface area contributed by atoms with Crippen LogP contribution in [0.25, 0.3) is 0 Å². The van der Waals surface area contributed by atoms with Crippen LogP contribution in [0.15, 0.2) is 58.3 Å². The maximum absolute atomic E-state index is 14.1. The Hall–Kier alpha value is -3.08. The van der Waals surface area contributed by atoms with Gasteiger partial charge in [0.1, 0.15) is 0 Å². The Morgan fingerprint density at radius 1 is 0.647 bits per heavy atom. The number of nitrogens with one attached hydrogen (secondary N) is 2. The molecule has 0 atom stereocenters. The van der Waals surface area contributed by atoms with Crippen LogP contribution in [-0.4, -0.2) is 40.5 Å². The molecule has 186 valence electrons. The van der Waals surface area contributed by atoms with Gasteiger partial charge in [-0.2, -0.15) is 17.6 Å². The van der Waals surface area contributed by atoms with E-state index >= 15 is 0 Å². The second kappa shape index (κ2) is 9.65. The van der Waals surface area contributed by atoms with Crippen molar-refractivity contribution < 1.29 is 44.0 Å². The van der Waals surface area contributed by atoms with Crippen molar-refractivity contribution in [2.45, 2.75) is 34.7 Å². The average molecular weight is 526 g/mol. The van der Waals surface area contributed by atoms with Crippen molar-refractivity contribution in [2.75, 3.05) is 0 Å². The molecule has 0 fully saturated rings. The Bertz CT molecular complexity index is 1180. The van der Waals surface area contributed by atoms with E-state index in [1.807, 2.05) is 0 Å². The molecule has 0 heterocycles. The Morgan fingerprint density at radius 3 is 1.15 bits per heavy atom. The minimum absolute atomic E-state index is 0.0901. The molecular weight excluding hydrogens is 508 g/mol. The van der Waals surface area contributed by atoms with Gasteiger partial charge in [0.05, 0.1) is 9.79 Å². The molecular formula is C18H18F4N4O6S2.